The summed E-state index contributed by atoms with van der Waals surface area (Å²) in [6.45, 7) is 1.81. The summed E-state index contributed by atoms with van der Waals surface area (Å²) in [6, 6.07) is -0.318. The highest BCUT2D eigenvalue weighted by molar-refractivity contribution is 6.07. The van der Waals surface area contributed by atoms with E-state index in [0.29, 0.717) is 0 Å². The first-order valence-corrected chi connectivity index (χ1v) is 5.45. The molecule has 15 heavy (non-hydrogen) atoms. The van der Waals surface area contributed by atoms with E-state index in [-0.39, 0.29) is 23.8 Å². The van der Waals surface area contributed by atoms with E-state index in [1.807, 2.05) is 0 Å². The van der Waals surface area contributed by atoms with E-state index >= 15 is 0 Å². The van der Waals surface area contributed by atoms with Crippen molar-refractivity contribution >= 4 is 11.9 Å². The molecule has 2 N–H and O–H groups in total. The Hall–Kier alpha value is -1.10. The standard InChI is InChI=1S/C10H15N3O2/c1-13-4-6-2-3-7(5-13)10(6)8(14)11-9(15)12-10/h6-7H,2-5H2,1H3,(H2,11,12,14,15)/t6-,7+,10?. The second kappa shape index (κ2) is 2.72. The predicted octanol–water partition coefficient (Wildman–Crippen LogP) is -0.464. The summed E-state index contributed by atoms with van der Waals surface area (Å²) >= 11 is 0. The van der Waals surface area contributed by atoms with Crippen molar-refractivity contribution in [1.29, 1.82) is 0 Å². The minimum absolute atomic E-state index is 0.104. The monoisotopic (exact) mass is 209 g/mol. The SMILES string of the molecule is CN1C[C@H]2CC[C@@H](C1)C21NC(=O)NC1=O. The van der Waals surface area contributed by atoms with Crippen molar-refractivity contribution in [3.63, 3.8) is 0 Å². The first-order valence-electron chi connectivity index (χ1n) is 5.45. The number of piperidine rings is 1. The summed E-state index contributed by atoms with van der Waals surface area (Å²) in [7, 11) is 2.08. The molecule has 0 radical (unpaired) electrons. The Balaban J connectivity index is 1.99. The highest BCUT2D eigenvalue weighted by atomic mass is 16.2. The van der Waals surface area contributed by atoms with Crippen LogP contribution < -0.4 is 10.6 Å². The molecule has 0 aromatic rings. The van der Waals surface area contributed by atoms with Gasteiger partial charge in [-0.05, 0) is 19.9 Å². The Morgan fingerprint density at radius 1 is 1.27 bits per heavy atom. The molecule has 1 aliphatic carbocycles. The third-order valence-electron chi connectivity index (χ3n) is 4.14. The number of hydrogen-bond donors (Lipinski definition) is 2. The van der Waals surface area contributed by atoms with Crippen molar-refractivity contribution < 1.29 is 9.59 Å². The normalized spacial score (nSPS) is 44.6. The van der Waals surface area contributed by atoms with E-state index in [1.54, 1.807) is 0 Å². The summed E-state index contributed by atoms with van der Waals surface area (Å²) < 4.78 is 0. The Bertz CT molecular complexity index is 328. The van der Waals surface area contributed by atoms with Crippen LogP contribution in [0, 0.1) is 11.8 Å². The Labute approximate surface area is 88.2 Å². The Morgan fingerprint density at radius 2 is 1.87 bits per heavy atom. The van der Waals surface area contributed by atoms with Crippen molar-refractivity contribution in [3.8, 4) is 0 Å². The van der Waals surface area contributed by atoms with Gasteiger partial charge >= 0.3 is 6.03 Å². The molecule has 2 bridgehead atoms. The maximum atomic E-state index is 11.9. The summed E-state index contributed by atoms with van der Waals surface area (Å²) in [5.74, 6) is 0.466. The molecular weight excluding hydrogens is 194 g/mol. The van der Waals surface area contributed by atoms with Crippen LogP contribution in [0.15, 0.2) is 0 Å². The first-order chi connectivity index (χ1) is 7.13. The zero-order chi connectivity index (χ0) is 10.6. The third kappa shape index (κ3) is 1.01. The zero-order valence-corrected chi connectivity index (χ0v) is 8.75. The molecule has 82 valence electrons. The van der Waals surface area contributed by atoms with E-state index in [0.717, 1.165) is 25.9 Å². The van der Waals surface area contributed by atoms with Gasteiger partial charge in [0, 0.05) is 24.9 Å². The van der Waals surface area contributed by atoms with Crippen LogP contribution in [0.5, 0.6) is 0 Å². The fraction of sp³-hybridized carbons (Fsp3) is 0.800. The highest BCUT2D eigenvalue weighted by Crippen LogP contribution is 2.46. The Morgan fingerprint density at radius 3 is 2.33 bits per heavy atom. The van der Waals surface area contributed by atoms with Gasteiger partial charge in [-0.3, -0.25) is 10.1 Å². The van der Waals surface area contributed by atoms with Crippen LogP contribution in [0.4, 0.5) is 4.79 Å². The molecule has 2 saturated heterocycles. The maximum Gasteiger partial charge on any atom is 0.322 e. The van der Waals surface area contributed by atoms with Gasteiger partial charge in [-0.15, -0.1) is 0 Å². The zero-order valence-electron chi connectivity index (χ0n) is 8.75. The number of hydrogen-bond acceptors (Lipinski definition) is 3. The fourth-order valence-corrected chi connectivity index (χ4v) is 3.55. The summed E-state index contributed by atoms with van der Waals surface area (Å²) in [5.41, 5.74) is -0.580. The number of carbonyl (C=O) groups excluding carboxylic acids is 2. The van der Waals surface area contributed by atoms with Crippen molar-refractivity contribution in [1.82, 2.24) is 15.5 Å². The van der Waals surface area contributed by atoms with E-state index in [4.69, 9.17) is 0 Å². The molecule has 2 heterocycles. The van der Waals surface area contributed by atoms with Crippen LogP contribution in [0.25, 0.3) is 0 Å². The van der Waals surface area contributed by atoms with Gasteiger partial charge in [-0.25, -0.2) is 4.79 Å². The number of nitrogens with zero attached hydrogens (tertiary/aromatic N) is 1. The lowest BCUT2D eigenvalue weighted by atomic mass is 9.77. The molecule has 0 aromatic heterocycles. The van der Waals surface area contributed by atoms with Crippen molar-refractivity contribution in [2.45, 2.75) is 18.4 Å². The number of urea groups is 1. The average Bonchev–Trinajstić information content (AvgIpc) is 2.55. The molecule has 1 saturated carbocycles. The quantitative estimate of drug-likeness (QED) is 0.530. The molecule has 5 heteroatoms. The minimum atomic E-state index is -0.580. The van der Waals surface area contributed by atoms with Gasteiger partial charge in [-0.1, -0.05) is 0 Å². The Kier molecular flexibility index (Phi) is 1.66. The molecular formula is C10H15N3O2. The number of imide groups is 1. The maximum absolute atomic E-state index is 11.9. The molecule has 3 rings (SSSR count). The van der Waals surface area contributed by atoms with Crippen LogP contribution in [0.3, 0.4) is 0 Å². The van der Waals surface area contributed by atoms with Gasteiger partial charge in [0.25, 0.3) is 5.91 Å². The average molecular weight is 209 g/mol. The van der Waals surface area contributed by atoms with Crippen molar-refractivity contribution in [3.05, 3.63) is 0 Å². The smallest absolute Gasteiger partial charge is 0.322 e. The van der Waals surface area contributed by atoms with Crippen LogP contribution in [-0.4, -0.2) is 42.5 Å². The van der Waals surface area contributed by atoms with Gasteiger partial charge in [0.2, 0.25) is 0 Å². The largest absolute Gasteiger partial charge is 0.323 e. The summed E-state index contributed by atoms with van der Waals surface area (Å²) in [6.07, 6.45) is 2.09. The number of likely N-dealkylation sites (tertiary alicyclic amines) is 1. The molecule has 3 aliphatic rings. The topological polar surface area (TPSA) is 61.4 Å². The van der Waals surface area contributed by atoms with Crippen molar-refractivity contribution in [2.75, 3.05) is 20.1 Å². The van der Waals surface area contributed by atoms with Crippen LogP contribution >= 0.6 is 0 Å². The van der Waals surface area contributed by atoms with E-state index in [9.17, 15) is 9.59 Å². The van der Waals surface area contributed by atoms with Crippen LogP contribution in [-0.2, 0) is 4.79 Å². The fourth-order valence-electron chi connectivity index (χ4n) is 3.55. The van der Waals surface area contributed by atoms with Crippen molar-refractivity contribution in [2.24, 2.45) is 11.8 Å². The van der Waals surface area contributed by atoms with Gasteiger partial charge in [-0.2, -0.15) is 0 Å². The summed E-state index contributed by atoms with van der Waals surface area (Å²) in [5, 5.41) is 5.26. The highest BCUT2D eigenvalue weighted by Gasteiger charge is 2.61. The van der Waals surface area contributed by atoms with Gasteiger partial charge in [0.1, 0.15) is 5.54 Å². The molecule has 1 unspecified atom stereocenters. The lowest BCUT2D eigenvalue weighted by molar-refractivity contribution is -0.128. The van der Waals surface area contributed by atoms with Crippen LogP contribution in [0.1, 0.15) is 12.8 Å². The first kappa shape index (κ1) is 9.15. The van der Waals surface area contributed by atoms with Gasteiger partial charge in [0.05, 0.1) is 0 Å². The lowest BCUT2D eigenvalue weighted by Gasteiger charge is -2.41. The number of rotatable bonds is 0. The second-order valence-corrected chi connectivity index (χ2v) is 4.97. The number of amides is 3. The van der Waals surface area contributed by atoms with Crippen LogP contribution in [0.2, 0.25) is 0 Å². The number of nitrogens with one attached hydrogen (secondary N) is 2. The number of carbonyl (C=O) groups is 2. The minimum Gasteiger partial charge on any atom is -0.323 e. The molecule has 1 spiro atoms. The van der Waals surface area contributed by atoms with E-state index < -0.39 is 5.54 Å². The molecule has 2 aliphatic heterocycles. The van der Waals surface area contributed by atoms with E-state index in [2.05, 4.69) is 22.6 Å². The molecule has 3 amide bonds. The van der Waals surface area contributed by atoms with Gasteiger partial charge < -0.3 is 10.2 Å². The molecule has 3 atom stereocenters. The molecule has 3 fully saturated rings. The molecule has 0 aromatic carbocycles. The van der Waals surface area contributed by atoms with E-state index in [1.165, 1.54) is 0 Å². The lowest BCUT2D eigenvalue weighted by Crippen LogP contribution is -2.62. The third-order valence-corrected chi connectivity index (χ3v) is 4.14. The van der Waals surface area contributed by atoms with Gasteiger partial charge in [0.15, 0.2) is 0 Å². The summed E-state index contributed by atoms with van der Waals surface area (Å²) in [4.78, 5) is 25.4. The second-order valence-electron chi connectivity index (χ2n) is 4.97. The predicted molar refractivity (Wildman–Crippen MR) is 53.1 cm³/mol. The molecule has 5 nitrogen and oxygen atoms in total.